The number of halogens is 2. The molecule has 1 rings (SSSR count). The van der Waals surface area contributed by atoms with E-state index in [0.29, 0.717) is 28.0 Å². The van der Waals surface area contributed by atoms with Crippen LogP contribution in [0.15, 0.2) is 22.7 Å². The topological polar surface area (TPSA) is 78.4 Å². The van der Waals surface area contributed by atoms with E-state index >= 15 is 0 Å². The van der Waals surface area contributed by atoms with Crippen molar-refractivity contribution < 1.29 is 14.7 Å². The second kappa shape index (κ2) is 7.35. The Balaban J connectivity index is 2.66. The minimum atomic E-state index is -1.05. The summed E-state index contributed by atoms with van der Waals surface area (Å²) in [6, 6.07) is 3.43. The number of aliphatic carboxylic acids is 1. The Bertz CT molecular complexity index is 482. The van der Waals surface area contributed by atoms with Crippen molar-refractivity contribution in [2.45, 2.75) is 25.8 Å². The first kappa shape index (κ1) is 15.8. The number of hydrogen-bond donors (Lipinski definition) is 3. The van der Waals surface area contributed by atoms with Crippen LogP contribution in [0.4, 0.5) is 10.5 Å². The molecule has 0 aliphatic heterocycles. The molecule has 0 spiro atoms. The van der Waals surface area contributed by atoms with Gasteiger partial charge in [0, 0.05) is 9.50 Å². The highest BCUT2D eigenvalue weighted by molar-refractivity contribution is 9.10. The van der Waals surface area contributed by atoms with Crippen molar-refractivity contribution in [3.8, 4) is 0 Å². The van der Waals surface area contributed by atoms with E-state index in [2.05, 4.69) is 26.6 Å². The predicted octanol–water partition coefficient (Wildman–Crippen LogP) is 3.48. The van der Waals surface area contributed by atoms with Crippen LogP contribution < -0.4 is 10.6 Å². The Labute approximate surface area is 124 Å². The molecule has 0 bridgehead atoms. The molecule has 0 saturated carbocycles. The van der Waals surface area contributed by atoms with Gasteiger partial charge < -0.3 is 15.7 Å². The quantitative estimate of drug-likeness (QED) is 0.761. The first-order valence-electron chi connectivity index (χ1n) is 5.69. The maximum absolute atomic E-state index is 11.7. The van der Waals surface area contributed by atoms with Crippen LogP contribution in [0, 0.1) is 0 Å². The number of hydrogen-bond acceptors (Lipinski definition) is 2. The Hall–Kier alpha value is -1.27. The summed E-state index contributed by atoms with van der Waals surface area (Å²) in [6.07, 6.45) is 1.05. The third-order valence-corrected chi connectivity index (χ3v) is 3.25. The zero-order valence-electron chi connectivity index (χ0n) is 10.2. The van der Waals surface area contributed by atoms with E-state index in [9.17, 15) is 9.59 Å². The van der Waals surface area contributed by atoms with E-state index in [1.807, 2.05) is 6.92 Å². The molecule has 0 fully saturated rings. The highest BCUT2D eigenvalue weighted by Crippen LogP contribution is 2.25. The van der Waals surface area contributed by atoms with Gasteiger partial charge in [0.15, 0.2) is 0 Å². The largest absolute Gasteiger partial charge is 0.480 e. The summed E-state index contributed by atoms with van der Waals surface area (Å²) in [4.78, 5) is 22.6. The normalized spacial score (nSPS) is 11.7. The molecule has 19 heavy (non-hydrogen) atoms. The molecule has 1 aromatic rings. The fraction of sp³-hybridized carbons (Fsp3) is 0.333. The Kier molecular flexibility index (Phi) is 6.11. The zero-order valence-corrected chi connectivity index (χ0v) is 12.6. The lowest BCUT2D eigenvalue weighted by Crippen LogP contribution is -2.42. The van der Waals surface area contributed by atoms with Gasteiger partial charge in [-0.3, -0.25) is 0 Å². The van der Waals surface area contributed by atoms with Crippen LogP contribution in [0.25, 0.3) is 0 Å². The van der Waals surface area contributed by atoms with Gasteiger partial charge in [-0.15, -0.1) is 0 Å². The molecule has 0 heterocycles. The molecule has 7 heteroatoms. The van der Waals surface area contributed by atoms with Gasteiger partial charge in [-0.1, -0.05) is 24.9 Å². The summed E-state index contributed by atoms with van der Waals surface area (Å²) in [5.74, 6) is -1.05. The fourth-order valence-corrected chi connectivity index (χ4v) is 2.24. The smallest absolute Gasteiger partial charge is 0.326 e. The molecule has 0 radical (unpaired) electrons. The molecular formula is C12H14BrClN2O3. The summed E-state index contributed by atoms with van der Waals surface area (Å²) in [6.45, 7) is 1.85. The highest BCUT2D eigenvalue weighted by atomic mass is 79.9. The summed E-state index contributed by atoms with van der Waals surface area (Å²) < 4.78 is 0.623. The van der Waals surface area contributed by atoms with Crippen LogP contribution in [0.1, 0.15) is 19.8 Å². The molecule has 0 aliphatic carbocycles. The van der Waals surface area contributed by atoms with Crippen LogP contribution in [0.3, 0.4) is 0 Å². The molecule has 1 aromatic carbocycles. The van der Waals surface area contributed by atoms with Crippen LogP contribution in [-0.4, -0.2) is 23.1 Å². The van der Waals surface area contributed by atoms with E-state index in [1.165, 1.54) is 0 Å². The van der Waals surface area contributed by atoms with Crippen LogP contribution >= 0.6 is 27.5 Å². The minimum absolute atomic E-state index is 0.380. The van der Waals surface area contributed by atoms with Crippen molar-refractivity contribution in [3.05, 3.63) is 27.7 Å². The molecule has 0 saturated heterocycles. The molecule has 0 aromatic heterocycles. The number of carboxylic acid groups (broad SMARTS) is 1. The van der Waals surface area contributed by atoms with E-state index in [-0.39, 0.29) is 0 Å². The van der Waals surface area contributed by atoms with Crippen molar-refractivity contribution in [3.63, 3.8) is 0 Å². The number of carbonyl (C=O) groups excluding carboxylic acids is 1. The van der Waals surface area contributed by atoms with E-state index < -0.39 is 18.0 Å². The summed E-state index contributed by atoms with van der Waals surface area (Å²) in [5, 5.41) is 14.4. The van der Waals surface area contributed by atoms with Crippen molar-refractivity contribution in [2.75, 3.05) is 5.32 Å². The first-order chi connectivity index (χ1) is 8.93. The van der Waals surface area contributed by atoms with Crippen LogP contribution in [-0.2, 0) is 4.79 Å². The van der Waals surface area contributed by atoms with Gasteiger partial charge in [0.05, 0.1) is 5.69 Å². The maximum atomic E-state index is 11.7. The third-order valence-electron chi connectivity index (χ3n) is 2.36. The second-order valence-electron chi connectivity index (χ2n) is 3.90. The number of amides is 2. The number of urea groups is 1. The van der Waals surface area contributed by atoms with Gasteiger partial charge >= 0.3 is 12.0 Å². The maximum Gasteiger partial charge on any atom is 0.326 e. The number of carbonyl (C=O) groups is 2. The molecular weight excluding hydrogens is 336 g/mol. The third kappa shape index (κ3) is 5.08. The summed E-state index contributed by atoms with van der Waals surface area (Å²) in [5.41, 5.74) is 0.516. The van der Waals surface area contributed by atoms with E-state index in [0.717, 1.165) is 0 Å². The van der Waals surface area contributed by atoms with Gasteiger partial charge in [-0.2, -0.15) is 0 Å². The lowest BCUT2D eigenvalue weighted by Gasteiger charge is -2.15. The van der Waals surface area contributed by atoms with Crippen molar-refractivity contribution in [1.82, 2.24) is 5.32 Å². The molecule has 0 aliphatic rings. The van der Waals surface area contributed by atoms with E-state index in [1.54, 1.807) is 18.2 Å². The fourth-order valence-electron chi connectivity index (χ4n) is 1.45. The van der Waals surface area contributed by atoms with Crippen LogP contribution in [0.2, 0.25) is 5.02 Å². The molecule has 3 N–H and O–H groups in total. The molecule has 5 nitrogen and oxygen atoms in total. The van der Waals surface area contributed by atoms with Crippen LogP contribution in [0.5, 0.6) is 0 Å². The molecule has 0 unspecified atom stereocenters. The van der Waals surface area contributed by atoms with Gasteiger partial charge in [0.25, 0.3) is 0 Å². The number of carboxylic acids is 1. The highest BCUT2D eigenvalue weighted by Gasteiger charge is 2.19. The lowest BCUT2D eigenvalue weighted by atomic mass is 10.2. The van der Waals surface area contributed by atoms with Crippen molar-refractivity contribution in [2.24, 2.45) is 0 Å². The first-order valence-corrected chi connectivity index (χ1v) is 6.86. The summed E-state index contributed by atoms with van der Waals surface area (Å²) >= 11 is 9.04. The SMILES string of the molecule is CCC[C@H](NC(=O)Nc1ccc(Cl)cc1Br)C(=O)O. The molecule has 104 valence electrons. The Morgan fingerprint density at radius 3 is 2.68 bits per heavy atom. The number of anilines is 1. The van der Waals surface area contributed by atoms with Gasteiger partial charge in [-0.25, -0.2) is 9.59 Å². The molecule has 1 atom stereocenters. The van der Waals surface area contributed by atoms with Gasteiger partial charge in [-0.05, 0) is 40.5 Å². The predicted molar refractivity (Wildman–Crippen MR) is 77.6 cm³/mol. The van der Waals surface area contributed by atoms with Gasteiger partial charge in [0.1, 0.15) is 6.04 Å². The number of benzene rings is 1. The Morgan fingerprint density at radius 2 is 2.16 bits per heavy atom. The molecule has 2 amide bonds. The minimum Gasteiger partial charge on any atom is -0.480 e. The summed E-state index contributed by atoms with van der Waals surface area (Å²) in [7, 11) is 0. The Morgan fingerprint density at radius 1 is 1.47 bits per heavy atom. The average molecular weight is 350 g/mol. The average Bonchev–Trinajstić information content (AvgIpc) is 2.32. The lowest BCUT2D eigenvalue weighted by molar-refractivity contribution is -0.139. The van der Waals surface area contributed by atoms with Crippen molar-refractivity contribution in [1.29, 1.82) is 0 Å². The monoisotopic (exact) mass is 348 g/mol. The zero-order chi connectivity index (χ0) is 14.4. The standard InChI is InChI=1S/C12H14BrClN2O3/c1-2-3-10(11(17)18)16-12(19)15-9-5-4-7(14)6-8(9)13/h4-6,10H,2-3H2,1H3,(H,17,18)(H2,15,16,19)/t10-/m0/s1. The number of nitrogens with one attached hydrogen (secondary N) is 2. The second-order valence-corrected chi connectivity index (χ2v) is 5.19. The van der Waals surface area contributed by atoms with E-state index in [4.69, 9.17) is 16.7 Å². The van der Waals surface area contributed by atoms with Gasteiger partial charge in [0.2, 0.25) is 0 Å². The number of rotatable bonds is 5. The van der Waals surface area contributed by atoms with Crippen molar-refractivity contribution >= 4 is 45.2 Å².